The molecule has 0 bridgehead atoms. The third-order valence-corrected chi connectivity index (χ3v) is 3.10. The van der Waals surface area contributed by atoms with E-state index in [2.05, 4.69) is 15.3 Å². The van der Waals surface area contributed by atoms with Crippen molar-refractivity contribution in [1.29, 1.82) is 0 Å². The first-order valence-electron chi connectivity index (χ1n) is 6.88. The van der Waals surface area contributed by atoms with Crippen LogP contribution < -0.4 is 5.32 Å². The van der Waals surface area contributed by atoms with Crippen molar-refractivity contribution < 1.29 is 14.7 Å². The number of benzene rings is 1. The van der Waals surface area contributed by atoms with Gasteiger partial charge in [-0.15, -0.1) is 0 Å². The molecule has 0 atom stereocenters. The van der Waals surface area contributed by atoms with Crippen molar-refractivity contribution in [3.05, 3.63) is 36.2 Å². The normalized spacial score (nSPS) is 10.5. The maximum absolute atomic E-state index is 12.1. The lowest BCUT2D eigenvalue weighted by Crippen LogP contribution is -2.24. The molecule has 0 aliphatic rings. The van der Waals surface area contributed by atoms with Gasteiger partial charge in [0.25, 0.3) is 5.91 Å². The van der Waals surface area contributed by atoms with E-state index in [1.165, 1.54) is 0 Å². The molecule has 0 radical (unpaired) electrons. The summed E-state index contributed by atoms with van der Waals surface area (Å²) in [6, 6.07) is 5.31. The number of fused-ring (bicyclic) bond motifs is 1. The average Bonchev–Trinajstić information content (AvgIpc) is 2.49. The number of aromatic nitrogens is 2. The maximum Gasteiger partial charge on any atom is 0.303 e. The van der Waals surface area contributed by atoms with E-state index in [4.69, 9.17) is 5.11 Å². The van der Waals surface area contributed by atoms with Crippen LogP contribution >= 0.6 is 0 Å². The summed E-state index contributed by atoms with van der Waals surface area (Å²) >= 11 is 0. The van der Waals surface area contributed by atoms with Crippen molar-refractivity contribution in [2.45, 2.75) is 25.7 Å². The Hall–Kier alpha value is -2.50. The Morgan fingerprint density at radius 2 is 1.90 bits per heavy atom. The highest BCUT2D eigenvalue weighted by Crippen LogP contribution is 2.13. The highest BCUT2D eigenvalue weighted by Gasteiger charge is 2.10. The van der Waals surface area contributed by atoms with E-state index >= 15 is 0 Å². The van der Waals surface area contributed by atoms with Gasteiger partial charge in [0.1, 0.15) is 5.52 Å². The Labute approximate surface area is 122 Å². The van der Waals surface area contributed by atoms with Gasteiger partial charge >= 0.3 is 5.97 Å². The number of carboxylic acid groups (broad SMARTS) is 1. The summed E-state index contributed by atoms with van der Waals surface area (Å²) in [7, 11) is 0. The largest absolute Gasteiger partial charge is 0.481 e. The molecule has 6 heteroatoms. The fourth-order valence-corrected chi connectivity index (χ4v) is 2.05. The number of carbonyl (C=O) groups excluding carboxylic acids is 1. The van der Waals surface area contributed by atoms with Gasteiger partial charge in [-0.25, -0.2) is 0 Å². The maximum atomic E-state index is 12.1. The van der Waals surface area contributed by atoms with Gasteiger partial charge in [0, 0.05) is 25.4 Å². The van der Waals surface area contributed by atoms with Crippen LogP contribution in [0, 0.1) is 0 Å². The van der Waals surface area contributed by atoms with Crippen LogP contribution in [0.2, 0.25) is 0 Å². The minimum atomic E-state index is -0.784. The highest BCUT2D eigenvalue weighted by atomic mass is 16.4. The van der Waals surface area contributed by atoms with Gasteiger partial charge < -0.3 is 10.4 Å². The van der Waals surface area contributed by atoms with Crippen LogP contribution in [0.15, 0.2) is 30.6 Å². The number of nitrogens with zero attached hydrogens (tertiary/aromatic N) is 2. The smallest absolute Gasteiger partial charge is 0.303 e. The summed E-state index contributed by atoms with van der Waals surface area (Å²) in [5, 5.41) is 11.3. The van der Waals surface area contributed by atoms with E-state index in [1.807, 2.05) is 6.07 Å². The highest BCUT2D eigenvalue weighted by molar-refractivity contribution is 6.04. The fourth-order valence-electron chi connectivity index (χ4n) is 2.05. The molecule has 1 aromatic heterocycles. The Kier molecular flexibility index (Phi) is 5.20. The number of carbonyl (C=O) groups is 2. The molecule has 1 heterocycles. The van der Waals surface area contributed by atoms with Gasteiger partial charge in [-0.3, -0.25) is 19.6 Å². The van der Waals surface area contributed by atoms with Gasteiger partial charge in [-0.2, -0.15) is 0 Å². The summed E-state index contributed by atoms with van der Waals surface area (Å²) in [5.41, 5.74) is 1.78. The van der Waals surface area contributed by atoms with E-state index in [0.29, 0.717) is 29.6 Å². The topological polar surface area (TPSA) is 92.2 Å². The lowest BCUT2D eigenvalue weighted by Gasteiger charge is -2.06. The summed E-state index contributed by atoms with van der Waals surface area (Å²) in [4.78, 5) is 30.8. The minimum Gasteiger partial charge on any atom is -0.481 e. The molecule has 0 aliphatic heterocycles. The number of amides is 1. The van der Waals surface area contributed by atoms with E-state index in [0.717, 1.165) is 12.8 Å². The Morgan fingerprint density at radius 3 is 2.71 bits per heavy atom. The molecule has 21 heavy (non-hydrogen) atoms. The third-order valence-electron chi connectivity index (χ3n) is 3.10. The SMILES string of the molecule is O=C(O)CCCCCNC(=O)c1cccc2nccnc12. The van der Waals surface area contributed by atoms with Crippen LogP contribution in [-0.2, 0) is 4.79 Å². The molecule has 2 rings (SSSR count). The van der Waals surface area contributed by atoms with Crippen molar-refractivity contribution in [2.75, 3.05) is 6.54 Å². The van der Waals surface area contributed by atoms with E-state index < -0.39 is 5.97 Å². The van der Waals surface area contributed by atoms with Crippen molar-refractivity contribution in [2.24, 2.45) is 0 Å². The lowest BCUT2D eigenvalue weighted by molar-refractivity contribution is -0.137. The first-order valence-corrected chi connectivity index (χ1v) is 6.88. The molecule has 0 aliphatic carbocycles. The van der Waals surface area contributed by atoms with Crippen molar-refractivity contribution in [3.63, 3.8) is 0 Å². The van der Waals surface area contributed by atoms with Crippen molar-refractivity contribution in [1.82, 2.24) is 15.3 Å². The Balaban J connectivity index is 1.87. The van der Waals surface area contributed by atoms with Crippen LogP contribution in [0.1, 0.15) is 36.0 Å². The van der Waals surface area contributed by atoms with Crippen LogP contribution in [0.3, 0.4) is 0 Å². The second kappa shape index (κ2) is 7.33. The zero-order chi connectivity index (χ0) is 15.1. The van der Waals surface area contributed by atoms with Crippen LogP contribution in [0.25, 0.3) is 11.0 Å². The molecule has 0 spiro atoms. The molecule has 1 aromatic carbocycles. The molecule has 0 unspecified atom stereocenters. The number of rotatable bonds is 7. The summed E-state index contributed by atoms with van der Waals surface area (Å²) < 4.78 is 0. The minimum absolute atomic E-state index is 0.173. The standard InChI is InChI=1S/C15H17N3O3/c19-13(20)7-2-1-3-8-18-15(21)11-5-4-6-12-14(11)17-10-9-16-12/h4-6,9-10H,1-3,7-8H2,(H,18,21)(H,19,20). The fraction of sp³-hybridized carbons (Fsp3) is 0.333. The van der Waals surface area contributed by atoms with E-state index in [9.17, 15) is 9.59 Å². The quantitative estimate of drug-likeness (QED) is 0.760. The van der Waals surface area contributed by atoms with Crippen LogP contribution in [-0.4, -0.2) is 33.5 Å². The lowest BCUT2D eigenvalue weighted by atomic mass is 10.1. The summed E-state index contributed by atoms with van der Waals surface area (Å²) in [6.07, 6.45) is 5.49. The third kappa shape index (κ3) is 4.24. The predicted octanol–water partition coefficient (Wildman–Crippen LogP) is 2.00. The number of nitrogens with one attached hydrogen (secondary N) is 1. The number of aliphatic carboxylic acids is 1. The molecule has 0 saturated heterocycles. The average molecular weight is 287 g/mol. The number of hydrogen-bond donors (Lipinski definition) is 2. The molecule has 2 N–H and O–H groups in total. The number of hydrogen-bond acceptors (Lipinski definition) is 4. The zero-order valence-corrected chi connectivity index (χ0v) is 11.6. The van der Waals surface area contributed by atoms with Gasteiger partial charge in [-0.1, -0.05) is 12.5 Å². The molecular formula is C15H17N3O3. The molecular weight excluding hydrogens is 270 g/mol. The monoisotopic (exact) mass is 287 g/mol. The number of para-hydroxylation sites is 1. The first kappa shape index (κ1) is 14.9. The van der Waals surface area contributed by atoms with E-state index in [-0.39, 0.29) is 12.3 Å². The Bertz CT molecular complexity index is 638. The van der Waals surface area contributed by atoms with Gasteiger partial charge in [0.15, 0.2) is 0 Å². The zero-order valence-electron chi connectivity index (χ0n) is 11.6. The number of unbranched alkanes of at least 4 members (excludes halogenated alkanes) is 2. The van der Waals surface area contributed by atoms with Crippen molar-refractivity contribution in [3.8, 4) is 0 Å². The number of carboxylic acids is 1. The molecule has 6 nitrogen and oxygen atoms in total. The molecule has 0 saturated carbocycles. The summed E-state index contributed by atoms with van der Waals surface area (Å²) in [5.74, 6) is -0.965. The molecule has 0 fully saturated rings. The van der Waals surface area contributed by atoms with Crippen LogP contribution in [0.4, 0.5) is 0 Å². The summed E-state index contributed by atoms with van der Waals surface area (Å²) in [6.45, 7) is 0.523. The molecule has 1 amide bonds. The van der Waals surface area contributed by atoms with Crippen molar-refractivity contribution >= 4 is 22.9 Å². The Morgan fingerprint density at radius 1 is 1.10 bits per heavy atom. The second-order valence-electron chi connectivity index (χ2n) is 4.69. The first-order chi connectivity index (χ1) is 10.2. The van der Waals surface area contributed by atoms with Gasteiger partial charge in [-0.05, 0) is 25.0 Å². The van der Waals surface area contributed by atoms with Gasteiger partial charge in [0.05, 0.1) is 11.1 Å². The second-order valence-corrected chi connectivity index (χ2v) is 4.69. The van der Waals surface area contributed by atoms with E-state index in [1.54, 1.807) is 24.5 Å². The predicted molar refractivity (Wildman–Crippen MR) is 78.0 cm³/mol. The molecule has 110 valence electrons. The molecule has 2 aromatic rings. The van der Waals surface area contributed by atoms with Crippen LogP contribution in [0.5, 0.6) is 0 Å². The van der Waals surface area contributed by atoms with Gasteiger partial charge in [0.2, 0.25) is 0 Å².